The van der Waals surface area contributed by atoms with E-state index in [2.05, 4.69) is 15.4 Å². The van der Waals surface area contributed by atoms with E-state index in [1.54, 1.807) is 20.8 Å². The van der Waals surface area contributed by atoms with Crippen LogP contribution in [0.5, 0.6) is 0 Å². The minimum absolute atomic E-state index is 0.214. The van der Waals surface area contributed by atoms with Gasteiger partial charge in [0, 0.05) is 26.2 Å². The molecule has 0 saturated carbocycles. The summed E-state index contributed by atoms with van der Waals surface area (Å²) in [6.45, 7) is 5.72. The number of unbranched alkanes of at least 4 members (excludes halogenated alkanes) is 1. The second kappa shape index (κ2) is 12.6. The number of carbonyl (C=O) groups excluding carboxylic acids is 2. The van der Waals surface area contributed by atoms with Gasteiger partial charge in [0.1, 0.15) is 5.60 Å². The third-order valence-electron chi connectivity index (χ3n) is 2.98. The van der Waals surface area contributed by atoms with Gasteiger partial charge < -0.3 is 35.2 Å². The minimum atomic E-state index is -1.24. The van der Waals surface area contributed by atoms with Crippen molar-refractivity contribution in [1.82, 2.24) is 15.5 Å². The lowest BCUT2D eigenvalue weighted by Gasteiger charge is -2.27. The highest BCUT2D eigenvalue weighted by Gasteiger charge is 2.21. The average molecular weight is 391 g/mol. The molecule has 0 aliphatic rings. The molecule has 0 bridgehead atoms. The molecule has 0 saturated heterocycles. The van der Waals surface area contributed by atoms with Crippen molar-refractivity contribution in [3.63, 3.8) is 0 Å². The standard InChI is InChI=1S/C16H29N3O8/c1-16(2,3)27-15(25)19(10-6-8-17-13(22)23)9-5-4-7-18-14(24)26-11-12(20)21/h17H,4-11H2,1-3H3,(H,18,24)(H,20,21)(H,22,23). The first-order valence-electron chi connectivity index (χ1n) is 8.58. The van der Waals surface area contributed by atoms with Crippen molar-refractivity contribution >= 4 is 24.2 Å². The fourth-order valence-electron chi connectivity index (χ4n) is 1.88. The fourth-order valence-corrected chi connectivity index (χ4v) is 1.88. The van der Waals surface area contributed by atoms with Crippen molar-refractivity contribution in [3.05, 3.63) is 0 Å². The molecule has 0 rings (SSSR count). The van der Waals surface area contributed by atoms with Crippen LogP contribution in [-0.4, -0.2) is 77.7 Å². The molecule has 0 unspecified atom stereocenters. The van der Waals surface area contributed by atoms with Gasteiger partial charge in [-0.1, -0.05) is 0 Å². The number of hydrogen-bond acceptors (Lipinski definition) is 6. The molecule has 0 atom stereocenters. The van der Waals surface area contributed by atoms with Crippen molar-refractivity contribution in [2.75, 3.05) is 32.8 Å². The molecule has 156 valence electrons. The van der Waals surface area contributed by atoms with Crippen LogP contribution in [-0.2, 0) is 14.3 Å². The van der Waals surface area contributed by atoms with Gasteiger partial charge in [0.2, 0.25) is 0 Å². The summed E-state index contributed by atoms with van der Waals surface area (Å²) in [4.78, 5) is 45.6. The van der Waals surface area contributed by atoms with Gasteiger partial charge >= 0.3 is 24.2 Å². The number of amides is 3. The molecule has 0 aromatic heterocycles. The van der Waals surface area contributed by atoms with Gasteiger partial charge in [0.05, 0.1) is 0 Å². The van der Waals surface area contributed by atoms with Crippen LogP contribution in [0.3, 0.4) is 0 Å². The quantitative estimate of drug-likeness (QED) is 0.386. The lowest BCUT2D eigenvalue weighted by molar-refractivity contribution is -0.140. The van der Waals surface area contributed by atoms with Crippen molar-refractivity contribution < 1.29 is 38.9 Å². The Morgan fingerprint density at radius 2 is 1.52 bits per heavy atom. The molecule has 27 heavy (non-hydrogen) atoms. The lowest BCUT2D eigenvalue weighted by Crippen LogP contribution is -2.39. The molecule has 0 aliphatic heterocycles. The Morgan fingerprint density at radius 3 is 2.07 bits per heavy atom. The molecule has 11 heteroatoms. The third kappa shape index (κ3) is 15.3. The van der Waals surface area contributed by atoms with Crippen LogP contribution in [0.2, 0.25) is 0 Å². The second-order valence-corrected chi connectivity index (χ2v) is 6.66. The zero-order chi connectivity index (χ0) is 20.9. The zero-order valence-corrected chi connectivity index (χ0v) is 15.9. The van der Waals surface area contributed by atoms with Gasteiger partial charge in [0.15, 0.2) is 6.61 Å². The van der Waals surface area contributed by atoms with E-state index in [0.29, 0.717) is 32.4 Å². The number of rotatable bonds is 11. The molecule has 0 heterocycles. The van der Waals surface area contributed by atoms with E-state index in [1.165, 1.54) is 4.90 Å². The van der Waals surface area contributed by atoms with E-state index in [-0.39, 0.29) is 13.1 Å². The van der Waals surface area contributed by atoms with E-state index >= 15 is 0 Å². The largest absolute Gasteiger partial charge is 0.479 e. The highest BCUT2D eigenvalue weighted by molar-refractivity contribution is 5.74. The van der Waals surface area contributed by atoms with Crippen LogP contribution in [0.1, 0.15) is 40.0 Å². The number of carboxylic acid groups (broad SMARTS) is 2. The summed E-state index contributed by atoms with van der Waals surface area (Å²) in [5.41, 5.74) is -0.649. The van der Waals surface area contributed by atoms with Crippen molar-refractivity contribution in [3.8, 4) is 0 Å². The van der Waals surface area contributed by atoms with Crippen LogP contribution < -0.4 is 10.6 Å². The first-order chi connectivity index (χ1) is 12.5. The Kier molecular flexibility index (Phi) is 11.3. The van der Waals surface area contributed by atoms with E-state index in [4.69, 9.17) is 14.9 Å². The Balaban J connectivity index is 4.25. The van der Waals surface area contributed by atoms with Crippen molar-refractivity contribution in [2.45, 2.75) is 45.6 Å². The molecule has 4 N–H and O–H groups in total. The Hall–Kier alpha value is -2.72. The predicted octanol–water partition coefficient (Wildman–Crippen LogP) is 1.47. The first kappa shape index (κ1) is 24.3. The molecule has 0 fully saturated rings. The van der Waals surface area contributed by atoms with Crippen LogP contribution in [0, 0.1) is 0 Å². The number of carboxylic acids is 1. The average Bonchev–Trinajstić information content (AvgIpc) is 2.52. The minimum Gasteiger partial charge on any atom is -0.479 e. The summed E-state index contributed by atoms with van der Waals surface area (Å²) in [5, 5.41) is 21.6. The SMILES string of the molecule is CC(C)(C)OC(=O)N(CCCCNC(=O)OCC(=O)O)CCCNC(=O)O. The first-order valence-corrected chi connectivity index (χ1v) is 8.58. The number of ether oxygens (including phenoxy) is 2. The second-order valence-electron chi connectivity index (χ2n) is 6.66. The van der Waals surface area contributed by atoms with E-state index in [1.807, 2.05) is 0 Å². The van der Waals surface area contributed by atoms with Crippen LogP contribution in [0.4, 0.5) is 14.4 Å². The van der Waals surface area contributed by atoms with E-state index < -0.39 is 36.5 Å². The molecule has 0 radical (unpaired) electrons. The highest BCUT2D eigenvalue weighted by atomic mass is 16.6. The maximum absolute atomic E-state index is 12.2. The van der Waals surface area contributed by atoms with Crippen LogP contribution in [0.15, 0.2) is 0 Å². The number of alkyl carbamates (subject to hydrolysis) is 1. The van der Waals surface area contributed by atoms with Crippen LogP contribution >= 0.6 is 0 Å². The zero-order valence-electron chi connectivity index (χ0n) is 15.9. The normalized spacial score (nSPS) is 10.6. The fraction of sp³-hybridized carbons (Fsp3) is 0.750. The third-order valence-corrected chi connectivity index (χ3v) is 2.98. The van der Waals surface area contributed by atoms with Crippen LogP contribution in [0.25, 0.3) is 0 Å². The predicted molar refractivity (Wildman–Crippen MR) is 94.7 cm³/mol. The highest BCUT2D eigenvalue weighted by Crippen LogP contribution is 2.11. The Morgan fingerprint density at radius 1 is 0.926 bits per heavy atom. The summed E-state index contributed by atoms with van der Waals surface area (Å²) in [6, 6.07) is 0. The molecule has 3 amide bonds. The molecular formula is C16H29N3O8. The maximum atomic E-state index is 12.2. The van der Waals surface area contributed by atoms with Crippen molar-refractivity contribution in [2.24, 2.45) is 0 Å². The summed E-state index contributed by atoms with van der Waals surface area (Å²) in [5.74, 6) is -1.24. The maximum Gasteiger partial charge on any atom is 0.410 e. The van der Waals surface area contributed by atoms with Crippen molar-refractivity contribution in [1.29, 1.82) is 0 Å². The van der Waals surface area contributed by atoms with E-state index in [0.717, 1.165) is 0 Å². The van der Waals surface area contributed by atoms with E-state index in [9.17, 15) is 19.2 Å². The van der Waals surface area contributed by atoms with Gasteiger partial charge in [0.25, 0.3) is 0 Å². The molecule has 0 spiro atoms. The number of nitrogens with one attached hydrogen (secondary N) is 2. The monoisotopic (exact) mass is 391 g/mol. The Bertz CT molecular complexity index is 504. The van der Waals surface area contributed by atoms with Gasteiger partial charge in [-0.15, -0.1) is 0 Å². The summed E-state index contributed by atoms with van der Waals surface area (Å²) < 4.78 is 9.75. The summed E-state index contributed by atoms with van der Waals surface area (Å²) in [7, 11) is 0. The van der Waals surface area contributed by atoms with Gasteiger partial charge in [-0.05, 0) is 40.0 Å². The molecular weight excluding hydrogens is 362 g/mol. The molecule has 0 aliphatic carbocycles. The van der Waals surface area contributed by atoms with Gasteiger partial charge in [-0.3, -0.25) is 0 Å². The summed E-state index contributed by atoms with van der Waals surface area (Å²) >= 11 is 0. The van der Waals surface area contributed by atoms with Gasteiger partial charge in [-0.2, -0.15) is 0 Å². The molecule has 0 aromatic carbocycles. The molecule has 11 nitrogen and oxygen atoms in total. The number of nitrogens with zero attached hydrogens (tertiary/aromatic N) is 1. The number of carbonyl (C=O) groups is 4. The Labute approximate surface area is 158 Å². The number of aliphatic carboxylic acids is 1. The van der Waals surface area contributed by atoms with Gasteiger partial charge in [-0.25, -0.2) is 19.2 Å². The smallest absolute Gasteiger partial charge is 0.410 e. The topological polar surface area (TPSA) is 154 Å². The lowest BCUT2D eigenvalue weighted by atomic mass is 10.2. The number of hydrogen-bond donors (Lipinski definition) is 4. The summed E-state index contributed by atoms with van der Waals surface area (Å²) in [6.07, 6.45) is -0.905. The molecule has 0 aromatic rings.